The number of carbonyl (C=O) groups is 2. The molecule has 0 radical (unpaired) electrons. The van der Waals surface area contributed by atoms with Gasteiger partial charge in [0.25, 0.3) is 11.8 Å². The minimum absolute atomic E-state index is 0.137. The number of amides is 2. The fourth-order valence-corrected chi connectivity index (χ4v) is 5.93. The summed E-state index contributed by atoms with van der Waals surface area (Å²) in [7, 11) is 1.68. The van der Waals surface area contributed by atoms with Gasteiger partial charge in [-0.15, -0.1) is 0 Å². The first-order valence-corrected chi connectivity index (χ1v) is 12.7. The molecule has 180 valence electrons. The summed E-state index contributed by atoms with van der Waals surface area (Å²) in [6, 6.07) is 11.8. The van der Waals surface area contributed by atoms with Crippen LogP contribution in [-0.2, 0) is 4.79 Å². The lowest BCUT2D eigenvalue weighted by Crippen LogP contribution is -2.40. The van der Waals surface area contributed by atoms with Crippen LogP contribution in [-0.4, -0.2) is 49.9 Å². The summed E-state index contributed by atoms with van der Waals surface area (Å²) in [5.74, 6) is 0.736. The number of rotatable bonds is 6. The van der Waals surface area contributed by atoms with Crippen molar-refractivity contribution in [3.05, 3.63) is 64.3 Å². The monoisotopic (exact) mass is 481 g/mol. The maximum absolute atomic E-state index is 14.0. The molecular weight excluding hydrogens is 449 g/mol. The van der Waals surface area contributed by atoms with Crippen molar-refractivity contribution in [3.63, 3.8) is 0 Å². The minimum atomic E-state index is -0.367. The fourth-order valence-electron chi connectivity index (χ4n) is 4.85. The Balaban J connectivity index is 1.37. The highest BCUT2D eigenvalue weighted by atomic mass is 32.2. The van der Waals surface area contributed by atoms with Crippen LogP contribution in [0.3, 0.4) is 0 Å². The van der Waals surface area contributed by atoms with Gasteiger partial charge in [-0.2, -0.15) is 0 Å². The van der Waals surface area contributed by atoms with Crippen LogP contribution < -0.4 is 10.2 Å². The lowest BCUT2D eigenvalue weighted by Gasteiger charge is -2.34. The molecule has 2 aromatic rings. The first-order valence-electron chi connectivity index (χ1n) is 11.9. The van der Waals surface area contributed by atoms with Gasteiger partial charge in [-0.05, 0) is 61.6 Å². The van der Waals surface area contributed by atoms with Crippen molar-refractivity contribution in [1.29, 1.82) is 0 Å². The first-order chi connectivity index (χ1) is 16.3. The van der Waals surface area contributed by atoms with Gasteiger partial charge in [0.1, 0.15) is 5.82 Å². The average Bonchev–Trinajstić information content (AvgIpc) is 2.80. The lowest BCUT2D eigenvalue weighted by molar-refractivity contribution is -0.114. The molecule has 2 aliphatic heterocycles. The summed E-state index contributed by atoms with van der Waals surface area (Å²) in [6.07, 6.45) is 3.78. The van der Waals surface area contributed by atoms with Crippen LogP contribution in [0.15, 0.2) is 52.3 Å². The van der Waals surface area contributed by atoms with Crippen LogP contribution in [0.2, 0.25) is 0 Å². The third-order valence-corrected chi connectivity index (χ3v) is 7.47. The summed E-state index contributed by atoms with van der Waals surface area (Å²) in [6.45, 7) is 8.49. The molecule has 2 amide bonds. The standard InChI is InChI=1S/C27H32FN3O2S/c1-18-13-19(2)17-31(16-18)12-6-11-29-26(32)21-9-10-24-23(14-21)30(3)27(33)25(34-24)15-20-7-4-5-8-22(20)28/h4-5,7-10,14-15,18-19H,6,11-13,16-17H2,1-3H3,(H,29,32)/b25-15-/t18-,19+. The predicted molar refractivity (Wildman–Crippen MR) is 136 cm³/mol. The highest BCUT2D eigenvalue weighted by Crippen LogP contribution is 2.42. The number of nitrogens with zero attached hydrogens (tertiary/aromatic N) is 2. The molecule has 0 aromatic heterocycles. The van der Waals surface area contributed by atoms with Crippen LogP contribution >= 0.6 is 11.8 Å². The van der Waals surface area contributed by atoms with Crippen LogP contribution in [0.4, 0.5) is 10.1 Å². The van der Waals surface area contributed by atoms with E-state index in [-0.39, 0.29) is 17.6 Å². The van der Waals surface area contributed by atoms with Gasteiger partial charge in [0, 0.05) is 42.7 Å². The third-order valence-electron chi connectivity index (χ3n) is 6.39. The summed E-state index contributed by atoms with van der Waals surface area (Å²) in [5, 5.41) is 3.01. The second-order valence-electron chi connectivity index (χ2n) is 9.49. The van der Waals surface area contributed by atoms with E-state index in [0.29, 0.717) is 28.3 Å². The number of piperidine rings is 1. The van der Waals surface area contributed by atoms with E-state index in [2.05, 4.69) is 24.1 Å². The van der Waals surface area contributed by atoms with Gasteiger partial charge in [-0.25, -0.2) is 4.39 Å². The van der Waals surface area contributed by atoms with Crippen LogP contribution in [0.5, 0.6) is 0 Å². The fraction of sp³-hybridized carbons (Fsp3) is 0.407. The zero-order valence-corrected chi connectivity index (χ0v) is 20.8. The third kappa shape index (κ3) is 5.70. The second kappa shape index (κ2) is 10.7. The smallest absolute Gasteiger partial charge is 0.264 e. The van der Waals surface area contributed by atoms with Gasteiger partial charge in [-0.3, -0.25) is 9.59 Å². The molecular formula is C27H32FN3O2S. The molecule has 0 saturated carbocycles. The number of likely N-dealkylation sites (N-methyl/N-ethyl adjacent to an activating group) is 1. The van der Waals surface area contributed by atoms with Crippen LogP contribution in [0.1, 0.15) is 42.6 Å². The molecule has 0 spiro atoms. The Kier molecular flexibility index (Phi) is 7.73. The van der Waals surface area contributed by atoms with E-state index in [1.165, 1.54) is 29.1 Å². The Morgan fingerprint density at radius 2 is 1.91 bits per heavy atom. The van der Waals surface area contributed by atoms with E-state index < -0.39 is 0 Å². The van der Waals surface area contributed by atoms with Crippen molar-refractivity contribution < 1.29 is 14.0 Å². The number of nitrogens with one attached hydrogen (secondary N) is 1. The normalized spacial score (nSPS) is 22.1. The number of halogens is 1. The topological polar surface area (TPSA) is 52.7 Å². The SMILES string of the molecule is C[C@@H]1C[C@H](C)CN(CCCNC(=O)c2ccc3c(c2)N(C)C(=O)/C(=C/c2ccccc2F)S3)C1. The van der Waals surface area contributed by atoms with Crippen molar-refractivity contribution in [3.8, 4) is 0 Å². The van der Waals surface area contributed by atoms with E-state index >= 15 is 0 Å². The zero-order valence-electron chi connectivity index (χ0n) is 20.0. The number of anilines is 1. The van der Waals surface area contributed by atoms with Crippen LogP contribution in [0.25, 0.3) is 6.08 Å². The molecule has 1 fully saturated rings. The van der Waals surface area contributed by atoms with Gasteiger partial charge >= 0.3 is 0 Å². The van der Waals surface area contributed by atoms with Gasteiger partial charge in [0.15, 0.2) is 0 Å². The molecule has 7 heteroatoms. The molecule has 1 saturated heterocycles. The molecule has 2 aliphatic rings. The average molecular weight is 482 g/mol. The van der Waals surface area contributed by atoms with E-state index in [4.69, 9.17) is 0 Å². The highest BCUT2D eigenvalue weighted by molar-refractivity contribution is 8.04. The van der Waals surface area contributed by atoms with E-state index in [1.807, 2.05) is 6.07 Å². The summed E-state index contributed by atoms with van der Waals surface area (Å²) < 4.78 is 14.0. The van der Waals surface area contributed by atoms with E-state index in [1.54, 1.807) is 43.5 Å². The molecule has 1 N–H and O–H groups in total. The molecule has 5 nitrogen and oxygen atoms in total. The second-order valence-corrected chi connectivity index (χ2v) is 10.6. The van der Waals surface area contributed by atoms with E-state index in [0.717, 1.165) is 42.8 Å². The van der Waals surface area contributed by atoms with Crippen molar-refractivity contribution >= 4 is 35.3 Å². The number of likely N-dealkylation sites (tertiary alicyclic amines) is 1. The summed E-state index contributed by atoms with van der Waals surface area (Å²) in [4.78, 5) is 30.9. The number of carbonyl (C=O) groups excluding carboxylic acids is 2. The van der Waals surface area contributed by atoms with E-state index in [9.17, 15) is 14.0 Å². The molecule has 2 atom stereocenters. The summed E-state index contributed by atoms with van der Waals surface area (Å²) >= 11 is 1.30. The minimum Gasteiger partial charge on any atom is -0.352 e. The molecule has 0 aliphatic carbocycles. The first kappa shape index (κ1) is 24.5. The molecule has 0 bridgehead atoms. The molecule has 4 rings (SSSR count). The maximum atomic E-state index is 14.0. The Morgan fingerprint density at radius 1 is 1.18 bits per heavy atom. The number of benzene rings is 2. The molecule has 2 heterocycles. The Labute approximate surface area is 205 Å². The van der Waals surface area contributed by atoms with Gasteiger partial charge in [-0.1, -0.05) is 43.8 Å². The van der Waals surface area contributed by atoms with Gasteiger partial charge in [0.05, 0.1) is 10.6 Å². The number of thioether (sulfide) groups is 1. The number of fused-ring (bicyclic) bond motifs is 1. The molecule has 2 aromatic carbocycles. The number of hydrogen-bond acceptors (Lipinski definition) is 4. The molecule has 0 unspecified atom stereocenters. The van der Waals surface area contributed by atoms with Crippen molar-refractivity contribution in [2.75, 3.05) is 38.1 Å². The Hall–Kier alpha value is -2.64. The maximum Gasteiger partial charge on any atom is 0.264 e. The summed E-state index contributed by atoms with van der Waals surface area (Å²) in [5.41, 5.74) is 1.59. The Bertz CT molecular complexity index is 1090. The van der Waals surface area contributed by atoms with Gasteiger partial charge in [0.2, 0.25) is 0 Å². The van der Waals surface area contributed by atoms with Gasteiger partial charge < -0.3 is 15.1 Å². The quantitative estimate of drug-likeness (QED) is 0.464. The number of hydrogen-bond donors (Lipinski definition) is 1. The van der Waals surface area contributed by atoms with Crippen molar-refractivity contribution in [2.24, 2.45) is 11.8 Å². The lowest BCUT2D eigenvalue weighted by atomic mass is 9.92. The van der Waals surface area contributed by atoms with Crippen molar-refractivity contribution in [1.82, 2.24) is 10.2 Å². The molecule has 34 heavy (non-hydrogen) atoms. The zero-order chi connectivity index (χ0) is 24.2. The highest BCUT2D eigenvalue weighted by Gasteiger charge is 2.27. The Morgan fingerprint density at radius 3 is 2.65 bits per heavy atom. The predicted octanol–water partition coefficient (Wildman–Crippen LogP) is 5.03. The van der Waals surface area contributed by atoms with Crippen molar-refractivity contribution in [2.45, 2.75) is 31.6 Å². The van der Waals surface area contributed by atoms with Crippen LogP contribution in [0, 0.1) is 17.7 Å². The largest absolute Gasteiger partial charge is 0.352 e.